The number of halogens is 1. The van der Waals surface area contributed by atoms with Crippen molar-refractivity contribution in [2.24, 2.45) is 0 Å². The minimum absolute atomic E-state index is 0.0648. The summed E-state index contributed by atoms with van der Waals surface area (Å²) >= 11 is 10.6. The van der Waals surface area contributed by atoms with Gasteiger partial charge in [0.05, 0.1) is 7.11 Å². The molecule has 0 atom stereocenters. The number of phenolic OH excluding ortho intramolecular Hbond substituents is 1. The van der Waals surface area contributed by atoms with Crippen LogP contribution in [0.2, 0.25) is 5.02 Å². The van der Waals surface area contributed by atoms with E-state index < -0.39 is 11.8 Å². The van der Waals surface area contributed by atoms with Crippen LogP contribution in [0.4, 0.5) is 0 Å². The molecule has 1 aliphatic heterocycles. The number of carbonyl (C=O) groups excluding carboxylic acids is 2. The fourth-order valence-corrected chi connectivity index (χ4v) is 2.02. The Morgan fingerprint density at radius 3 is 2.45 bits per heavy atom. The van der Waals surface area contributed by atoms with Gasteiger partial charge in [-0.05, 0) is 24.4 Å². The van der Waals surface area contributed by atoms with E-state index in [0.29, 0.717) is 5.02 Å². The van der Waals surface area contributed by atoms with Gasteiger partial charge in [0.1, 0.15) is 5.57 Å². The summed E-state index contributed by atoms with van der Waals surface area (Å²) in [5.74, 6) is -1.40. The molecule has 1 aromatic rings. The summed E-state index contributed by atoms with van der Waals surface area (Å²) in [4.78, 5) is 23.4. The predicted octanol–water partition coefficient (Wildman–Crippen LogP) is 0.968. The first kappa shape index (κ1) is 14.3. The highest BCUT2D eigenvalue weighted by Gasteiger charge is 2.26. The second-order valence-corrected chi connectivity index (χ2v) is 4.69. The molecule has 0 aliphatic carbocycles. The third-order valence-corrected chi connectivity index (χ3v) is 2.95. The van der Waals surface area contributed by atoms with E-state index in [-0.39, 0.29) is 27.7 Å². The standard InChI is InChI=1S/C12H9ClN2O4S/c1-19-8-4-6(13)2-5(9(8)16)3-7-10(17)14-12(20)15-11(7)18/h2-4,16H,1H3,(H2,14,15,17,18,20). The molecule has 1 aliphatic rings. The average Bonchev–Trinajstić information content (AvgIpc) is 2.37. The van der Waals surface area contributed by atoms with E-state index in [1.165, 1.54) is 25.3 Å². The SMILES string of the molecule is COc1cc(Cl)cc(C=C2C(=O)NC(=S)NC2=O)c1O. The minimum atomic E-state index is -0.655. The Balaban J connectivity index is 2.50. The number of benzene rings is 1. The molecule has 0 saturated carbocycles. The molecule has 8 heteroatoms. The van der Waals surface area contributed by atoms with Crippen molar-refractivity contribution in [3.05, 3.63) is 28.3 Å². The maximum atomic E-state index is 11.7. The predicted molar refractivity (Wildman–Crippen MR) is 76.5 cm³/mol. The minimum Gasteiger partial charge on any atom is -0.504 e. The van der Waals surface area contributed by atoms with Gasteiger partial charge in [0.15, 0.2) is 16.6 Å². The fraction of sp³-hybridized carbons (Fsp3) is 0.0833. The average molecular weight is 313 g/mol. The molecule has 6 nitrogen and oxygen atoms in total. The zero-order valence-corrected chi connectivity index (χ0v) is 11.8. The van der Waals surface area contributed by atoms with Gasteiger partial charge in [0.25, 0.3) is 11.8 Å². The Kier molecular flexibility index (Phi) is 3.91. The summed E-state index contributed by atoms with van der Waals surface area (Å²) in [6.45, 7) is 0. The molecule has 1 aromatic carbocycles. The van der Waals surface area contributed by atoms with Gasteiger partial charge in [-0.3, -0.25) is 20.2 Å². The van der Waals surface area contributed by atoms with Crippen LogP contribution in [-0.2, 0) is 9.59 Å². The molecular weight excluding hydrogens is 304 g/mol. The highest BCUT2D eigenvalue weighted by molar-refractivity contribution is 7.80. The number of rotatable bonds is 2. The van der Waals surface area contributed by atoms with Crippen molar-refractivity contribution in [3.8, 4) is 11.5 Å². The van der Waals surface area contributed by atoms with E-state index in [2.05, 4.69) is 22.9 Å². The first-order valence-electron chi connectivity index (χ1n) is 5.37. The van der Waals surface area contributed by atoms with Gasteiger partial charge in [-0.1, -0.05) is 11.6 Å². The normalized spacial score (nSPS) is 14.7. The quantitative estimate of drug-likeness (QED) is 0.430. The number of phenols is 1. The van der Waals surface area contributed by atoms with Crippen LogP contribution >= 0.6 is 23.8 Å². The van der Waals surface area contributed by atoms with Crippen molar-refractivity contribution < 1.29 is 19.4 Å². The number of aromatic hydroxyl groups is 1. The molecule has 0 spiro atoms. The first-order valence-corrected chi connectivity index (χ1v) is 6.16. The molecule has 2 rings (SSSR count). The van der Waals surface area contributed by atoms with Crippen LogP contribution in [0.15, 0.2) is 17.7 Å². The summed E-state index contributed by atoms with van der Waals surface area (Å²) in [7, 11) is 1.36. The lowest BCUT2D eigenvalue weighted by atomic mass is 10.1. The lowest BCUT2D eigenvalue weighted by Gasteiger charge is -2.16. The number of carbonyl (C=O) groups is 2. The van der Waals surface area contributed by atoms with Crippen molar-refractivity contribution in [2.45, 2.75) is 0 Å². The Morgan fingerprint density at radius 2 is 1.90 bits per heavy atom. The van der Waals surface area contributed by atoms with E-state index in [9.17, 15) is 14.7 Å². The molecule has 1 saturated heterocycles. The van der Waals surface area contributed by atoms with E-state index in [4.69, 9.17) is 16.3 Å². The van der Waals surface area contributed by atoms with Crippen LogP contribution in [0.25, 0.3) is 6.08 Å². The Bertz CT molecular complexity index is 635. The number of ether oxygens (including phenoxy) is 1. The van der Waals surface area contributed by atoms with Gasteiger partial charge < -0.3 is 9.84 Å². The second-order valence-electron chi connectivity index (χ2n) is 3.84. The molecule has 2 amide bonds. The Morgan fingerprint density at radius 1 is 1.30 bits per heavy atom. The van der Waals surface area contributed by atoms with Gasteiger partial charge in [0.2, 0.25) is 0 Å². The molecular formula is C12H9ClN2O4S. The van der Waals surface area contributed by atoms with Crippen LogP contribution in [-0.4, -0.2) is 29.1 Å². The van der Waals surface area contributed by atoms with Gasteiger partial charge in [-0.2, -0.15) is 0 Å². The zero-order valence-electron chi connectivity index (χ0n) is 10.2. The van der Waals surface area contributed by atoms with Gasteiger partial charge in [-0.25, -0.2) is 0 Å². The third-order valence-electron chi connectivity index (χ3n) is 2.53. The highest BCUT2D eigenvalue weighted by Crippen LogP contribution is 2.34. The lowest BCUT2D eigenvalue weighted by molar-refractivity contribution is -0.123. The van der Waals surface area contributed by atoms with E-state index >= 15 is 0 Å². The smallest absolute Gasteiger partial charge is 0.263 e. The third kappa shape index (κ3) is 2.73. The second kappa shape index (κ2) is 5.48. The molecule has 20 heavy (non-hydrogen) atoms. The summed E-state index contributed by atoms with van der Waals surface area (Å²) in [6.07, 6.45) is 1.20. The van der Waals surface area contributed by atoms with E-state index in [1.54, 1.807) is 0 Å². The van der Waals surface area contributed by atoms with E-state index in [1.807, 2.05) is 0 Å². The van der Waals surface area contributed by atoms with Crippen molar-refractivity contribution in [1.82, 2.24) is 10.6 Å². The van der Waals surface area contributed by atoms with Crippen molar-refractivity contribution in [3.63, 3.8) is 0 Å². The summed E-state index contributed by atoms with van der Waals surface area (Å²) in [6, 6.07) is 2.81. The van der Waals surface area contributed by atoms with Crippen molar-refractivity contribution in [2.75, 3.05) is 7.11 Å². The van der Waals surface area contributed by atoms with Crippen LogP contribution in [0.5, 0.6) is 11.5 Å². The molecule has 0 unspecified atom stereocenters. The van der Waals surface area contributed by atoms with Crippen molar-refractivity contribution in [1.29, 1.82) is 0 Å². The molecule has 1 heterocycles. The van der Waals surface area contributed by atoms with Gasteiger partial charge >= 0.3 is 0 Å². The number of thiocarbonyl (C=S) groups is 1. The lowest BCUT2D eigenvalue weighted by Crippen LogP contribution is -2.51. The van der Waals surface area contributed by atoms with Crippen LogP contribution < -0.4 is 15.4 Å². The molecule has 1 fully saturated rings. The molecule has 104 valence electrons. The largest absolute Gasteiger partial charge is 0.504 e. The fourth-order valence-electron chi connectivity index (χ4n) is 1.62. The van der Waals surface area contributed by atoms with Crippen LogP contribution in [0, 0.1) is 0 Å². The summed E-state index contributed by atoms with van der Waals surface area (Å²) < 4.78 is 4.94. The van der Waals surface area contributed by atoms with Crippen LogP contribution in [0.3, 0.4) is 0 Å². The maximum Gasteiger partial charge on any atom is 0.263 e. The monoisotopic (exact) mass is 312 g/mol. The summed E-state index contributed by atoms with van der Waals surface area (Å²) in [5, 5.41) is 14.8. The number of hydrogen-bond acceptors (Lipinski definition) is 5. The van der Waals surface area contributed by atoms with Crippen molar-refractivity contribution >= 4 is 46.8 Å². The van der Waals surface area contributed by atoms with Crippen LogP contribution in [0.1, 0.15) is 5.56 Å². The molecule has 3 N–H and O–H groups in total. The number of amides is 2. The molecule has 0 bridgehead atoms. The zero-order chi connectivity index (χ0) is 14.9. The Hall–Kier alpha value is -2.12. The topological polar surface area (TPSA) is 87.7 Å². The molecule has 0 aromatic heterocycles. The highest BCUT2D eigenvalue weighted by atomic mass is 35.5. The van der Waals surface area contributed by atoms with Gasteiger partial charge in [0, 0.05) is 16.7 Å². The maximum absolute atomic E-state index is 11.7. The van der Waals surface area contributed by atoms with E-state index in [0.717, 1.165) is 0 Å². The number of methoxy groups -OCH3 is 1. The van der Waals surface area contributed by atoms with Gasteiger partial charge in [-0.15, -0.1) is 0 Å². The first-order chi connectivity index (χ1) is 9.42. The number of hydrogen-bond donors (Lipinski definition) is 3. The Labute approximate surface area is 124 Å². The molecule has 0 radical (unpaired) electrons. The summed E-state index contributed by atoms with van der Waals surface area (Å²) in [5.41, 5.74) is -0.0133. The number of nitrogens with one attached hydrogen (secondary N) is 2.